The second kappa shape index (κ2) is 4.15. The number of rotatable bonds is 2. The first-order valence-corrected chi connectivity index (χ1v) is 5.91. The molecule has 1 amide bonds. The molecule has 0 unspecified atom stereocenters. The van der Waals surface area contributed by atoms with Crippen LogP contribution < -0.4 is 4.90 Å². The third-order valence-corrected chi connectivity index (χ3v) is 3.18. The molecule has 90 valence electrons. The van der Waals surface area contributed by atoms with Gasteiger partial charge in [0.25, 0.3) is 0 Å². The third kappa shape index (κ3) is 1.95. The molecule has 0 spiro atoms. The fraction of sp³-hybridized carbons (Fsp3) is 0.500. The summed E-state index contributed by atoms with van der Waals surface area (Å²) < 4.78 is 0. The molecule has 1 aliphatic rings. The summed E-state index contributed by atoms with van der Waals surface area (Å²) in [6.07, 6.45) is 0.497. The van der Waals surface area contributed by atoms with Gasteiger partial charge >= 0.3 is 0 Å². The SMILES string of the molecule is BCC(=O)N1CC(C)(C)c2nc(CO)ccc21. The van der Waals surface area contributed by atoms with Gasteiger partial charge in [-0.15, -0.1) is 0 Å². The van der Waals surface area contributed by atoms with E-state index in [-0.39, 0.29) is 17.9 Å². The predicted molar refractivity (Wildman–Crippen MR) is 68.9 cm³/mol. The lowest BCUT2D eigenvalue weighted by molar-refractivity contribution is -0.116. The van der Waals surface area contributed by atoms with Crippen molar-refractivity contribution in [2.45, 2.75) is 32.2 Å². The number of aliphatic hydroxyl groups is 1. The number of pyridine rings is 1. The van der Waals surface area contributed by atoms with Crippen molar-refractivity contribution in [3.05, 3.63) is 23.5 Å². The summed E-state index contributed by atoms with van der Waals surface area (Å²) in [5.41, 5.74) is 2.30. The lowest BCUT2D eigenvalue weighted by Crippen LogP contribution is -2.33. The standard InChI is InChI=1S/C12H17BN2O2/c1-12(2)7-15(10(17)5-13)9-4-3-8(6-16)14-11(9)12/h3-4,16H,5-7,13H2,1-2H3. The number of amides is 1. The Balaban J connectivity index is 2.48. The average Bonchev–Trinajstić information content (AvgIpc) is 2.60. The summed E-state index contributed by atoms with van der Waals surface area (Å²) in [6.45, 7) is 4.74. The van der Waals surface area contributed by atoms with E-state index < -0.39 is 0 Å². The van der Waals surface area contributed by atoms with Crippen molar-refractivity contribution in [2.24, 2.45) is 0 Å². The van der Waals surface area contributed by atoms with Crippen LogP contribution in [0.25, 0.3) is 0 Å². The molecular weight excluding hydrogens is 215 g/mol. The Morgan fingerprint density at radius 1 is 1.59 bits per heavy atom. The fourth-order valence-electron chi connectivity index (χ4n) is 2.26. The van der Waals surface area contributed by atoms with Gasteiger partial charge in [-0.05, 0) is 18.5 Å². The Bertz CT molecular complexity index is 460. The first kappa shape index (κ1) is 12.1. The molecule has 17 heavy (non-hydrogen) atoms. The zero-order valence-electron chi connectivity index (χ0n) is 10.5. The number of anilines is 1. The van der Waals surface area contributed by atoms with E-state index in [9.17, 15) is 4.79 Å². The average molecular weight is 232 g/mol. The van der Waals surface area contributed by atoms with Crippen LogP contribution in [-0.4, -0.2) is 30.4 Å². The maximum Gasteiger partial charge on any atom is 0.219 e. The molecule has 1 aromatic heterocycles. The van der Waals surface area contributed by atoms with Crippen molar-refractivity contribution in [3.63, 3.8) is 0 Å². The molecule has 2 heterocycles. The molecular formula is C12H17BN2O2. The Morgan fingerprint density at radius 2 is 2.29 bits per heavy atom. The van der Waals surface area contributed by atoms with Gasteiger partial charge < -0.3 is 10.0 Å². The largest absolute Gasteiger partial charge is 0.390 e. The first-order chi connectivity index (χ1) is 7.99. The smallest absolute Gasteiger partial charge is 0.219 e. The quantitative estimate of drug-likeness (QED) is 0.743. The molecule has 2 rings (SSSR count). The molecule has 0 saturated carbocycles. The monoisotopic (exact) mass is 232 g/mol. The van der Waals surface area contributed by atoms with Crippen LogP contribution in [0.2, 0.25) is 6.32 Å². The van der Waals surface area contributed by atoms with Crippen molar-refractivity contribution in [2.75, 3.05) is 11.4 Å². The normalized spacial score (nSPS) is 17.0. The number of aromatic nitrogens is 1. The molecule has 4 nitrogen and oxygen atoms in total. The first-order valence-electron chi connectivity index (χ1n) is 5.91. The number of nitrogens with zero attached hydrogens (tertiary/aromatic N) is 2. The number of fused-ring (bicyclic) bond motifs is 1. The summed E-state index contributed by atoms with van der Waals surface area (Å²) in [4.78, 5) is 18.1. The van der Waals surface area contributed by atoms with Crippen molar-refractivity contribution in [1.29, 1.82) is 0 Å². The zero-order chi connectivity index (χ0) is 12.6. The number of hydrogen-bond donors (Lipinski definition) is 1. The highest BCUT2D eigenvalue weighted by molar-refractivity contribution is 6.22. The third-order valence-electron chi connectivity index (χ3n) is 3.18. The Morgan fingerprint density at radius 3 is 2.88 bits per heavy atom. The van der Waals surface area contributed by atoms with Crippen molar-refractivity contribution < 1.29 is 9.90 Å². The minimum atomic E-state index is -0.147. The number of aliphatic hydroxyl groups excluding tert-OH is 1. The van der Waals surface area contributed by atoms with Gasteiger partial charge in [0.05, 0.1) is 23.7 Å². The van der Waals surface area contributed by atoms with Crippen LogP contribution in [0.15, 0.2) is 12.1 Å². The molecule has 1 aromatic rings. The van der Waals surface area contributed by atoms with Gasteiger partial charge in [-0.2, -0.15) is 0 Å². The minimum Gasteiger partial charge on any atom is -0.390 e. The van der Waals surface area contributed by atoms with E-state index in [4.69, 9.17) is 5.11 Å². The fourth-order valence-corrected chi connectivity index (χ4v) is 2.26. The van der Waals surface area contributed by atoms with E-state index in [2.05, 4.69) is 18.8 Å². The molecule has 5 heteroatoms. The van der Waals surface area contributed by atoms with Crippen LogP contribution in [-0.2, 0) is 16.8 Å². The zero-order valence-corrected chi connectivity index (χ0v) is 10.5. The number of carbonyl (C=O) groups excluding carboxylic acids is 1. The summed E-state index contributed by atoms with van der Waals surface area (Å²) >= 11 is 0. The number of hydrogen-bond acceptors (Lipinski definition) is 3. The molecule has 0 radical (unpaired) electrons. The van der Waals surface area contributed by atoms with E-state index in [1.165, 1.54) is 0 Å². The van der Waals surface area contributed by atoms with Crippen LogP contribution in [0.3, 0.4) is 0 Å². The predicted octanol–water partition coefficient (Wildman–Crippen LogP) is 0.249. The molecule has 0 fully saturated rings. The maximum atomic E-state index is 11.9. The van der Waals surface area contributed by atoms with E-state index in [0.717, 1.165) is 11.4 Å². The highest BCUT2D eigenvalue weighted by Gasteiger charge is 2.38. The van der Waals surface area contributed by atoms with Crippen molar-refractivity contribution in [1.82, 2.24) is 4.98 Å². The molecule has 0 bridgehead atoms. The second-order valence-corrected chi connectivity index (χ2v) is 5.05. The summed E-state index contributed by atoms with van der Waals surface area (Å²) in [5.74, 6) is 0.121. The molecule has 0 atom stereocenters. The Hall–Kier alpha value is -1.36. The lowest BCUT2D eigenvalue weighted by Gasteiger charge is -2.19. The van der Waals surface area contributed by atoms with E-state index in [1.807, 2.05) is 13.9 Å². The van der Waals surface area contributed by atoms with Gasteiger partial charge in [0.2, 0.25) is 5.91 Å². The van der Waals surface area contributed by atoms with Crippen molar-refractivity contribution >= 4 is 19.4 Å². The minimum absolute atomic E-state index is 0.0644. The topological polar surface area (TPSA) is 53.4 Å². The lowest BCUT2D eigenvalue weighted by atomic mass is 9.91. The van der Waals surface area contributed by atoms with Crippen LogP contribution in [0, 0.1) is 0 Å². The molecule has 1 N–H and O–H groups in total. The summed E-state index contributed by atoms with van der Waals surface area (Å²) in [7, 11) is 1.86. The van der Waals surface area contributed by atoms with Crippen LogP contribution >= 0.6 is 0 Å². The molecule has 0 saturated heterocycles. The Kier molecular flexibility index (Phi) is 2.95. The summed E-state index contributed by atoms with van der Waals surface area (Å²) in [5, 5.41) is 9.12. The molecule has 0 aliphatic carbocycles. The van der Waals surface area contributed by atoms with Crippen LogP contribution in [0.4, 0.5) is 5.69 Å². The van der Waals surface area contributed by atoms with Crippen LogP contribution in [0.5, 0.6) is 0 Å². The van der Waals surface area contributed by atoms with Crippen molar-refractivity contribution in [3.8, 4) is 0 Å². The van der Waals surface area contributed by atoms with Gasteiger partial charge in [-0.25, -0.2) is 0 Å². The van der Waals surface area contributed by atoms with E-state index >= 15 is 0 Å². The second-order valence-electron chi connectivity index (χ2n) is 5.05. The Labute approximate surface area is 102 Å². The molecule has 1 aliphatic heterocycles. The highest BCUT2D eigenvalue weighted by Crippen LogP contribution is 2.39. The van der Waals surface area contributed by atoms with Crippen LogP contribution in [0.1, 0.15) is 25.2 Å². The van der Waals surface area contributed by atoms with Gasteiger partial charge in [0.1, 0.15) is 7.85 Å². The number of carbonyl (C=O) groups is 1. The molecule has 0 aromatic carbocycles. The summed E-state index contributed by atoms with van der Waals surface area (Å²) in [6, 6.07) is 3.66. The van der Waals surface area contributed by atoms with Gasteiger partial charge in [-0.1, -0.05) is 13.8 Å². The van der Waals surface area contributed by atoms with E-state index in [0.29, 0.717) is 18.6 Å². The van der Waals surface area contributed by atoms with Gasteiger partial charge in [0.15, 0.2) is 0 Å². The van der Waals surface area contributed by atoms with Gasteiger partial charge in [0, 0.05) is 12.0 Å². The maximum absolute atomic E-state index is 11.9. The van der Waals surface area contributed by atoms with Gasteiger partial charge in [-0.3, -0.25) is 9.78 Å². The highest BCUT2D eigenvalue weighted by atomic mass is 16.3. The van der Waals surface area contributed by atoms with E-state index in [1.54, 1.807) is 11.0 Å².